The van der Waals surface area contributed by atoms with Crippen LogP contribution in [0.1, 0.15) is 22.2 Å². The predicted molar refractivity (Wildman–Crippen MR) is 66.9 cm³/mol. The highest BCUT2D eigenvalue weighted by atomic mass is 32.1. The minimum absolute atomic E-state index is 0.169. The van der Waals surface area contributed by atoms with E-state index in [1.807, 2.05) is 19.3 Å². The van der Waals surface area contributed by atoms with Crippen molar-refractivity contribution in [2.24, 2.45) is 17.8 Å². The van der Waals surface area contributed by atoms with Gasteiger partial charge >= 0.3 is 0 Å². The molecular weight excluding hydrogens is 218 g/mol. The molecule has 2 aromatic heterocycles. The Bertz CT molecular complexity index is 550. The molecule has 2 aromatic rings. The van der Waals surface area contributed by atoms with Crippen LogP contribution in [0.4, 0.5) is 0 Å². The van der Waals surface area contributed by atoms with Crippen LogP contribution in [-0.2, 0) is 13.5 Å². The summed E-state index contributed by atoms with van der Waals surface area (Å²) in [6.07, 6.45) is 3.00. The molecule has 0 saturated carbocycles. The first-order valence-electron chi connectivity index (χ1n) is 5.27. The number of nitrogens with two attached hydrogens (primary N) is 1. The molecule has 0 radical (unpaired) electrons. The summed E-state index contributed by atoms with van der Waals surface area (Å²) in [5.74, 6) is 0.683. The molecule has 3 nitrogen and oxygen atoms in total. The molecule has 82 valence electrons. The highest BCUT2D eigenvalue weighted by molar-refractivity contribution is 7.12. The molecule has 0 saturated heterocycles. The van der Waals surface area contributed by atoms with Crippen LogP contribution in [0, 0.1) is 0 Å². The number of nitrogens with zero attached hydrogens (tertiary/aromatic N) is 2. The van der Waals surface area contributed by atoms with Gasteiger partial charge < -0.3 is 10.3 Å². The number of hydrogen-bond acceptors (Lipinski definition) is 3. The summed E-state index contributed by atoms with van der Waals surface area (Å²) < 4.78 is 2.11. The van der Waals surface area contributed by atoms with Gasteiger partial charge in [0, 0.05) is 25.4 Å². The average molecular weight is 231 g/mol. The summed E-state index contributed by atoms with van der Waals surface area (Å²) in [6, 6.07) is 6.47. The molecule has 2 N–H and O–H groups in total. The maximum absolute atomic E-state index is 5.99. The highest BCUT2D eigenvalue weighted by Gasteiger charge is 2.22. The number of aromatic nitrogens is 1. The fourth-order valence-electron chi connectivity index (χ4n) is 2.19. The molecule has 0 bridgehead atoms. The van der Waals surface area contributed by atoms with Crippen molar-refractivity contribution in [3.8, 4) is 0 Å². The highest BCUT2D eigenvalue weighted by Crippen LogP contribution is 2.31. The van der Waals surface area contributed by atoms with E-state index in [2.05, 4.69) is 27.1 Å². The zero-order valence-electron chi connectivity index (χ0n) is 9.05. The van der Waals surface area contributed by atoms with Crippen LogP contribution in [0.3, 0.4) is 0 Å². The van der Waals surface area contributed by atoms with Crippen molar-refractivity contribution in [2.75, 3.05) is 0 Å². The fourth-order valence-corrected chi connectivity index (χ4v) is 3.04. The van der Waals surface area contributed by atoms with E-state index in [9.17, 15) is 0 Å². The van der Waals surface area contributed by atoms with Crippen LogP contribution in [0.2, 0.25) is 0 Å². The van der Waals surface area contributed by atoms with Crippen LogP contribution in [-0.4, -0.2) is 10.4 Å². The first kappa shape index (κ1) is 9.66. The second-order valence-electron chi connectivity index (χ2n) is 4.05. The van der Waals surface area contributed by atoms with Crippen molar-refractivity contribution >= 4 is 17.2 Å². The van der Waals surface area contributed by atoms with E-state index in [1.165, 1.54) is 11.3 Å². The lowest BCUT2D eigenvalue weighted by atomic mass is 10.0. The van der Waals surface area contributed by atoms with Crippen LogP contribution in [0.5, 0.6) is 0 Å². The van der Waals surface area contributed by atoms with E-state index in [4.69, 9.17) is 5.73 Å². The Morgan fingerprint density at radius 2 is 2.38 bits per heavy atom. The Kier molecular flexibility index (Phi) is 2.11. The lowest BCUT2D eigenvalue weighted by Crippen LogP contribution is -2.21. The summed E-state index contributed by atoms with van der Waals surface area (Å²) in [5.41, 5.74) is 8.53. The molecule has 0 fully saturated rings. The molecule has 1 atom stereocenters. The first-order chi connectivity index (χ1) is 7.75. The number of rotatable bonds is 1. The van der Waals surface area contributed by atoms with Crippen LogP contribution in [0.15, 0.2) is 34.8 Å². The zero-order chi connectivity index (χ0) is 11.1. The Labute approximate surface area is 98.2 Å². The molecule has 1 unspecified atom stereocenters. The molecule has 1 aliphatic heterocycles. The van der Waals surface area contributed by atoms with Crippen LogP contribution in [0.25, 0.3) is 0 Å². The monoisotopic (exact) mass is 231 g/mol. The molecule has 3 rings (SSSR count). The van der Waals surface area contributed by atoms with Gasteiger partial charge in [-0.3, -0.25) is 4.99 Å². The number of amidine groups is 1. The maximum atomic E-state index is 5.99. The lowest BCUT2D eigenvalue weighted by Gasteiger charge is -2.19. The molecule has 16 heavy (non-hydrogen) atoms. The van der Waals surface area contributed by atoms with Gasteiger partial charge in [-0.05, 0) is 29.1 Å². The minimum Gasteiger partial charge on any atom is -0.383 e. The quantitative estimate of drug-likeness (QED) is 0.802. The van der Waals surface area contributed by atoms with E-state index >= 15 is 0 Å². The minimum atomic E-state index is 0.169. The maximum Gasteiger partial charge on any atom is 0.136 e. The Morgan fingerprint density at radius 3 is 3.12 bits per heavy atom. The topological polar surface area (TPSA) is 43.3 Å². The SMILES string of the molecule is Cn1cccc1C1Cc2ccsc2C(N)=N1. The molecule has 0 aromatic carbocycles. The van der Waals surface area contributed by atoms with Crippen molar-refractivity contribution in [1.29, 1.82) is 0 Å². The van der Waals surface area contributed by atoms with Gasteiger partial charge in [-0.1, -0.05) is 0 Å². The number of aryl methyl sites for hydroxylation is 1. The van der Waals surface area contributed by atoms with E-state index in [0.717, 1.165) is 11.3 Å². The van der Waals surface area contributed by atoms with Gasteiger partial charge in [0.05, 0.1) is 10.9 Å². The number of fused-ring (bicyclic) bond motifs is 1. The van der Waals surface area contributed by atoms with Crippen molar-refractivity contribution in [3.63, 3.8) is 0 Å². The molecule has 4 heteroatoms. The molecule has 0 amide bonds. The normalized spacial score (nSPS) is 19.3. The molecular formula is C12H13N3S. The van der Waals surface area contributed by atoms with Crippen LogP contribution >= 0.6 is 11.3 Å². The second-order valence-corrected chi connectivity index (χ2v) is 4.97. The van der Waals surface area contributed by atoms with Gasteiger partial charge in [-0.25, -0.2) is 0 Å². The van der Waals surface area contributed by atoms with Crippen molar-refractivity contribution < 1.29 is 0 Å². The van der Waals surface area contributed by atoms with Crippen molar-refractivity contribution in [2.45, 2.75) is 12.5 Å². The summed E-state index contributed by atoms with van der Waals surface area (Å²) in [7, 11) is 2.05. The second kappa shape index (κ2) is 3.49. The summed E-state index contributed by atoms with van der Waals surface area (Å²) in [6.45, 7) is 0. The molecule has 0 aliphatic carbocycles. The summed E-state index contributed by atoms with van der Waals surface area (Å²) >= 11 is 1.67. The molecule has 3 heterocycles. The van der Waals surface area contributed by atoms with Gasteiger partial charge in [-0.2, -0.15) is 0 Å². The lowest BCUT2D eigenvalue weighted by molar-refractivity contribution is 0.651. The van der Waals surface area contributed by atoms with E-state index in [0.29, 0.717) is 5.84 Å². The predicted octanol–water partition coefficient (Wildman–Crippen LogP) is 2.09. The smallest absolute Gasteiger partial charge is 0.136 e. The van der Waals surface area contributed by atoms with E-state index in [1.54, 1.807) is 11.3 Å². The molecule has 1 aliphatic rings. The summed E-state index contributed by atoms with van der Waals surface area (Å²) in [5, 5.41) is 2.08. The number of thiophene rings is 1. The van der Waals surface area contributed by atoms with Crippen LogP contribution < -0.4 is 5.73 Å². The van der Waals surface area contributed by atoms with Gasteiger partial charge in [0.15, 0.2) is 0 Å². The first-order valence-corrected chi connectivity index (χ1v) is 6.15. The van der Waals surface area contributed by atoms with Gasteiger partial charge in [-0.15, -0.1) is 11.3 Å². The Balaban J connectivity index is 2.03. The third kappa shape index (κ3) is 1.38. The van der Waals surface area contributed by atoms with Gasteiger partial charge in [0.1, 0.15) is 5.84 Å². The Morgan fingerprint density at radius 1 is 1.50 bits per heavy atom. The van der Waals surface area contributed by atoms with E-state index in [-0.39, 0.29) is 6.04 Å². The van der Waals surface area contributed by atoms with Crippen molar-refractivity contribution in [1.82, 2.24) is 4.57 Å². The third-order valence-electron chi connectivity index (χ3n) is 3.01. The zero-order valence-corrected chi connectivity index (χ0v) is 9.87. The number of aliphatic imine (C=N–C) groups is 1. The molecule has 0 spiro atoms. The van der Waals surface area contributed by atoms with Gasteiger partial charge in [0.2, 0.25) is 0 Å². The summed E-state index contributed by atoms with van der Waals surface area (Å²) in [4.78, 5) is 5.73. The fraction of sp³-hybridized carbons (Fsp3) is 0.250. The van der Waals surface area contributed by atoms with Gasteiger partial charge in [0.25, 0.3) is 0 Å². The Hall–Kier alpha value is -1.55. The average Bonchev–Trinajstić information content (AvgIpc) is 2.85. The largest absolute Gasteiger partial charge is 0.383 e. The third-order valence-corrected chi connectivity index (χ3v) is 3.99. The van der Waals surface area contributed by atoms with Crippen molar-refractivity contribution in [3.05, 3.63) is 45.9 Å². The number of hydrogen-bond donors (Lipinski definition) is 1. The standard InChI is InChI=1S/C12H13N3S/c1-15-5-2-3-10(15)9-7-8-4-6-16-11(8)12(13)14-9/h2-6,9H,7H2,1H3,(H2,13,14). The van der Waals surface area contributed by atoms with E-state index < -0.39 is 0 Å².